The highest BCUT2D eigenvalue weighted by Gasteiger charge is 2.13. The van der Waals surface area contributed by atoms with Gasteiger partial charge in [-0.15, -0.1) is 0 Å². The summed E-state index contributed by atoms with van der Waals surface area (Å²) in [6.07, 6.45) is 4.16. The van der Waals surface area contributed by atoms with Crippen molar-refractivity contribution in [2.75, 3.05) is 0 Å². The van der Waals surface area contributed by atoms with Gasteiger partial charge >= 0.3 is 0 Å². The van der Waals surface area contributed by atoms with E-state index in [1.165, 1.54) is 16.7 Å². The van der Waals surface area contributed by atoms with Crippen LogP contribution in [0, 0.1) is 0 Å². The van der Waals surface area contributed by atoms with Gasteiger partial charge in [0.1, 0.15) is 5.75 Å². The van der Waals surface area contributed by atoms with Crippen molar-refractivity contribution in [3.8, 4) is 5.75 Å². The Labute approximate surface area is 101 Å². The first-order valence-electron chi connectivity index (χ1n) is 5.91. The summed E-state index contributed by atoms with van der Waals surface area (Å²) in [6, 6.07) is 16.1. The number of rotatable bonds is 1. The molecule has 0 saturated carbocycles. The van der Waals surface area contributed by atoms with Gasteiger partial charge in [0.2, 0.25) is 0 Å². The predicted molar refractivity (Wildman–Crippen MR) is 70.7 cm³/mol. The van der Waals surface area contributed by atoms with Crippen LogP contribution < -0.4 is 0 Å². The Bertz CT molecular complexity index is 567. The number of phenolic OH excluding ortho intramolecular Hbond substituents is 1. The minimum absolute atomic E-state index is 0.385. The molecule has 0 atom stereocenters. The van der Waals surface area contributed by atoms with E-state index in [2.05, 4.69) is 36.4 Å². The van der Waals surface area contributed by atoms with Crippen molar-refractivity contribution in [2.45, 2.75) is 12.8 Å². The van der Waals surface area contributed by atoms with Crippen molar-refractivity contribution >= 4 is 11.6 Å². The molecule has 1 nitrogen and oxygen atoms in total. The van der Waals surface area contributed by atoms with Gasteiger partial charge < -0.3 is 5.11 Å². The van der Waals surface area contributed by atoms with E-state index in [0.29, 0.717) is 5.75 Å². The van der Waals surface area contributed by atoms with E-state index >= 15 is 0 Å². The molecule has 0 radical (unpaired) electrons. The molecule has 1 aliphatic rings. The van der Waals surface area contributed by atoms with Gasteiger partial charge in [-0.05, 0) is 41.7 Å². The van der Waals surface area contributed by atoms with Crippen LogP contribution in [0.5, 0.6) is 5.75 Å². The normalized spacial score (nSPS) is 14.0. The second-order valence-electron chi connectivity index (χ2n) is 4.39. The van der Waals surface area contributed by atoms with Crippen molar-refractivity contribution < 1.29 is 5.11 Å². The first kappa shape index (κ1) is 10.2. The topological polar surface area (TPSA) is 20.2 Å². The number of allylic oxidation sites excluding steroid dienone is 1. The smallest absolute Gasteiger partial charge is 0.123 e. The zero-order valence-corrected chi connectivity index (χ0v) is 9.56. The Morgan fingerprint density at radius 1 is 0.824 bits per heavy atom. The van der Waals surface area contributed by atoms with Gasteiger partial charge in [-0.1, -0.05) is 42.5 Å². The van der Waals surface area contributed by atoms with Gasteiger partial charge in [0.25, 0.3) is 0 Å². The zero-order valence-electron chi connectivity index (χ0n) is 9.56. The molecular weight excluding hydrogens is 208 g/mol. The molecule has 3 rings (SSSR count). The highest BCUT2D eigenvalue weighted by molar-refractivity contribution is 5.86. The van der Waals surface area contributed by atoms with E-state index in [0.717, 1.165) is 18.4 Å². The van der Waals surface area contributed by atoms with E-state index in [1.54, 1.807) is 6.07 Å². The van der Waals surface area contributed by atoms with Crippen LogP contribution >= 0.6 is 0 Å². The predicted octanol–water partition coefficient (Wildman–Crippen LogP) is 3.88. The summed E-state index contributed by atoms with van der Waals surface area (Å²) in [5, 5.41) is 9.88. The van der Waals surface area contributed by atoms with E-state index in [1.807, 2.05) is 12.1 Å². The average Bonchev–Trinajstić information content (AvgIpc) is 2.40. The van der Waals surface area contributed by atoms with Crippen LogP contribution in [-0.4, -0.2) is 5.11 Å². The molecule has 84 valence electrons. The number of fused-ring (bicyclic) bond motifs is 1. The number of phenols is 1. The zero-order chi connectivity index (χ0) is 11.7. The van der Waals surface area contributed by atoms with Gasteiger partial charge in [0.15, 0.2) is 0 Å². The van der Waals surface area contributed by atoms with Gasteiger partial charge in [0, 0.05) is 5.56 Å². The third-order valence-corrected chi connectivity index (χ3v) is 3.30. The van der Waals surface area contributed by atoms with Crippen molar-refractivity contribution in [1.82, 2.24) is 0 Å². The second-order valence-corrected chi connectivity index (χ2v) is 4.39. The van der Waals surface area contributed by atoms with Crippen LogP contribution in [0.4, 0.5) is 0 Å². The molecular formula is C16H14O. The van der Waals surface area contributed by atoms with Crippen molar-refractivity contribution in [2.24, 2.45) is 0 Å². The number of hydrogen-bond donors (Lipinski definition) is 1. The van der Waals surface area contributed by atoms with E-state index < -0.39 is 0 Å². The second kappa shape index (κ2) is 4.10. The molecule has 0 aliphatic heterocycles. The average molecular weight is 222 g/mol. The lowest BCUT2D eigenvalue weighted by molar-refractivity contribution is 0.473. The minimum Gasteiger partial charge on any atom is -0.507 e. The third kappa shape index (κ3) is 1.84. The fourth-order valence-corrected chi connectivity index (χ4v) is 2.38. The Kier molecular flexibility index (Phi) is 2.45. The highest BCUT2D eigenvalue weighted by Crippen LogP contribution is 2.34. The maximum Gasteiger partial charge on any atom is 0.123 e. The SMILES string of the molecule is Oc1cccc2c1C=C(c1ccccc1)CC2. The summed E-state index contributed by atoms with van der Waals surface area (Å²) in [6.45, 7) is 0. The molecule has 0 fully saturated rings. The molecule has 0 spiro atoms. The standard InChI is InChI=1S/C16H14O/c17-16-8-4-7-13-9-10-14(11-15(13)16)12-5-2-1-3-6-12/h1-8,11,17H,9-10H2. The third-order valence-electron chi connectivity index (χ3n) is 3.30. The molecule has 2 aromatic carbocycles. The minimum atomic E-state index is 0.385. The van der Waals surface area contributed by atoms with E-state index in [9.17, 15) is 5.11 Å². The molecule has 0 saturated heterocycles. The summed E-state index contributed by atoms with van der Waals surface area (Å²) in [7, 11) is 0. The fraction of sp³-hybridized carbons (Fsp3) is 0.125. The summed E-state index contributed by atoms with van der Waals surface area (Å²) < 4.78 is 0. The van der Waals surface area contributed by atoms with Crippen LogP contribution in [0.3, 0.4) is 0 Å². The molecule has 1 heteroatoms. The number of benzene rings is 2. The maximum absolute atomic E-state index is 9.88. The van der Waals surface area contributed by atoms with Gasteiger partial charge in [0.05, 0.1) is 0 Å². The quantitative estimate of drug-likeness (QED) is 0.776. The molecule has 17 heavy (non-hydrogen) atoms. The lowest BCUT2D eigenvalue weighted by Gasteiger charge is -2.17. The van der Waals surface area contributed by atoms with Crippen LogP contribution in [0.1, 0.15) is 23.1 Å². The summed E-state index contributed by atoms with van der Waals surface area (Å²) in [4.78, 5) is 0. The molecule has 0 unspecified atom stereocenters. The largest absolute Gasteiger partial charge is 0.507 e. The van der Waals surface area contributed by atoms with Gasteiger partial charge in [-0.25, -0.2) is 0 Å². The number of hydrogen-bond acceptors (Lipinski definition) is 1. The van der Waals surface area contributed by atoms with Crippen LogP contribution in [-0.2, 0) is 6.42 Å². The van der Waals surface area contributed by atoms with Crippen molar-refractivity contribution in [1.29, 1.82) is 0 Å². The van der Waals surface area contributed by atoms with Crippen molar-refractivity contribution in [3.63, 3.8) is 0 Å². The molecule has 0 amide bonds. The summed E-state index contributed by atoms with van der Waals surface area (Å²) >= 11 is 0. The van der Waals surface area contributed by atoms with Gasteiger partial charge in [-0.3, -0.25) is 0 Å². The summed E-state index contributed by atoms with van der Waals surface area (Å²) in [5.74, 6) is 0.385. The molecule has 0 bridgehead atoms. The lowest BCUT2D eigenvalue weighted by atomic mass is 9.88. The molecule has 0 aromatic heterocycles. The Balaban J connectivity index is 2.09. The first-order valence-corrected chi connectivity index (χ1v) is 5.91. The number of aromatic hydroxyl groups is 1. The van der Waals surface area contributed by atoms with Crippen molar-refractivity contribution in [3.05, 3.63) is 65.2 Å². The Hall–Kier alpha value is -2.02. The van der Waals surface area contributed by atoms with Gasteiger partial charge in [-0.2, -0.15) is 0 Å². The Morgan fingerprint density at radius 3 is 2.47 bits per heavy atom. The molecule has 0 heterocycles. The highest BCUT2D eigenvalue weighted by atomic mass is 16.3. The van der Waals surface area contributed by atoms with Crippen LogP contribution in [0.15, 0.2) is 48.5 Å². The van der Waals surface area contributed by atoms with Crippen LogP contribution in [0.25, 0.3) is 11.6 Å². The molecule has 1 aliphatic carbocycles. The Morgan fingerprint density at radius 2 is 1.65 bits per heavy atom. The van der Waals surface area contributed by atoms with E-state index in [-0.39, 0.29) is 0 Å². The van der Waals surface area contributed by atoms with E-state index in [4.69, 9.17) is 0 Å². The lowest BCUT2D eigenvalue weighted by Crippen LogP contribution is -1.99. The van der Waals surface area contributed by atoms with Crippen LogP contribution in [0.2, 0.25) is 0 Å². The monoisotopic (exact) mass is 222 g/mol. The fourth-order valence-electron chi connectivity index (χ4n) is 2.38. The molecule has 2 aromatic rings. The maximum atomic E-state index is 9.88. The summed E-state index contributed by atoms with van der Waals surface area (Å²) in [5.41, 5.74) is 4.78. The first-order chi connectivity index (χ1) is 8.34. The molecule has 1 N–H and O–H groups in total. The number of aryl methyl sites for hydroxylation is 1.